The summed E-state index contributed by atoms with van der Waals surface area (Å²) in [6.45, 7) is 7.43. The molecule has 17 heavy (non-hydrogen) atoms. The summed E-state index contributed by atoms with van der Waals surface area (Å²) in [5, 5.41) is 3.39. The van der Waals surface area contributed by atoms with Gasteiger partial charge in [0.2, 0.25) is 0 Å². The summed E-state index contributed by atoms with van der Waals surface area (Å²) in [5.74, 6) is 0. The lowest BCUT2D eigenvalue weighted by molar-refractivity contribution is 0.717. The Morgan fingerprint density at radius 3 is 2.71 bits per heavy atom. The molecule has 0 fully saturated rings. The largest absolute Gasteiger partial charge is 0.374 e. The number of hydrogen-bond donors (Lipinski definition) is 1. The molecule has 1 aromatic carbocycles. The molecular weight excluding hydrogens is 276 g/mol. The van der Waals surface area contributed by atoms with E-state index in [9.17, 15) is 0 Å². The standard InChI is InChI=1S/C14H23BrN2/c1-4-6-9-17(3)14-10-13(15)8-7-12(14)11-16-5-2/h7-8,10,16H,4-6,9,11H2,1-3H3. The molecule has 0 bridgehead atoms. The van der Waals surface area contributed by atoms with Crippen LogP contribution in [0.15, 0.2) is 22.7 Å². The van der Waals surface area contributed by atoms with Crippen LogP contribution in [0, 0.1) is 0 Å². The topological polar surface area (TPSA) is 15.3 Å². The van der Waals surface area contributed by atoms with Crippen LogP contribution in [0.25, 0.3) is 0 Å². The highest BCUT2D eigenvalue weighted by Gasteiger charge is 2.07. The van der Waals surface area contributed by atoms with Gasteiger partial charge in [-0.3, -0.25) is 0 Å². The Kier molecular flexibility index (Phi) is 6.60. The lowest BCUT2D eigenvalue weighted by Gasteiger charge is -2.23. The molecule has 1 N–H and O–H groups in total. The number of nitrogens with one attached hydrogen (secondary N) is 1. The van der Waals surface area contributed by atoms with Gasteiger partial charge in [-0.25, -0.2) is 0 Å². The number of anilines is 1. The van der Waals surface area contributed by atoms with Crippen LogP contribution < -0.4 is 10.2 Å². The number of unbranched alkanes of at least 4 members (excludes halogenated alkanes) is 1. The second kappa shape index (κ2) is 7.72. The summed E-state index contributed by atoms with van der Waals surface area (Å²) in [6.07, 6.45) is 2.48. The van der Waals surface area contributed by atoms with Crippen molar-refractivity contribution in [3.8, 4) is 0 Å². The summed E-state index contributed by atoms with van der Waals surface area (Å²) < 4.78 is 1.15. The molecule has 0 aliphatic rings. The van der Waals surface area contributed by atoms with E-state index in [0.717, 1.165) is 24.1 Å². The molecule has 0 unspecified atom stereocenters. The van der Waals surface area contributed by atoms with Crippen LogP contribution in [0.3, 0.4) is 0 Å². The molecule has 0 aliphatic heterocycles. The van der Waals surface area contributed by atoms with Gasteiger partial charge >= 0.3 is 0 Å². The maximum absolute atomic E-state index is 3.55. The van der Waals surface area contributed by atoms with Crippen molar-refractivity contribution >= 4 is 21.6 Å². The Bertz CT molecular complexity index is 339. The van der Waals surface area contributed by atoms with Crippen LogP contribution in [-0.4, -0.2) is 20.1 Å². The summed E-state index contributed by atoms with van der Waals surface area (Å²) in [7, 11) is 2.17. The minimum atomic E-state index is 0.940. The fraction of sp³-hybridized carbons (Fsp3) is 0.571. The molecule has 1 rings (SSSR count). The second-order valence-electron chi connectivity index (χ2n) is 4.33. The van der Waals surface area contributed by atoms with E-state index < -0.39 is 0 Å². The molecule has 0 aliphatic carbocycles. The maximum Gasteiger partial charge on any atom is 0.0420 e. The van der Waals surface area contributed by atoms with Gasteiger partial charge in [-0.15, -0.1) is 0 Å². The smallest absolute Gasteiger partial charge is 0.0420 e. The predicted molar refractivity (Wildman–Crippen MR) is 79.7 cm³/mol. The Balaban J connectivity index is 2.81. The Hall–Kier alpha value is -0.540. The van der Waals surface area contributed by atoms with E-state index in [0.29, 0.717) is 0 Å². The third-order valence-corrected chi connectivity index (χ3v) is 3.36. The van der Waals surface area contributed by atoms with Crippen molar-refractivity contribution in [2.45, 2.75) is 33.2 Å². The van der Waals surface area contributed by atoms with Crippen LogP contribution in [0.5, 0.6) is 0 Å². The highest BCUT2D eigenvalue weighted by molar-refractivity contribution is 9.10. The third kappa shape index (κ3) is 4.68. The molecule has 96 valence electrons. The highest BCUT2D eigenvalue weighted by atomic mass is 79.9. The van der Waals surface area contributed by atoms with Crippen molar-refractivity contribution in [3.63, 3.8) is 0 Å². The predicted octanol–water partition coefficient (Wildman–Crippen LogP) is 3.79. The number of rotatable bonds is 7. The number of nitrogens with zero attached hydrogens (tertiary/aromatic N) is 1. The first-order valence-corrected chi connectivity index (χ1v) is 7.18. The minimum absolute atomic E-state index is 0.940. The first-order chi connectivity index (χ1) is 8.19. The van der Waals surface area contributed by atoms with Gasteiger partial charge in [0.15, 0.2) is 0 Å². The lowest BCUT2D eigenvalue weighted by Crippen LogP contribution is -2.22. The Morgan fingerprint density at radius 1 is 1.29 bits per heavy atom. The summed E-state index contributed by atoms with van der Waals surface area (Å²) in [4.78, 5) is 2.35. The highest BCUT2D eigenvalue weighted by Crippen LogP contribution is 2.24. The summed E-state index contributed by atoms with van der Waals surface area (Å²) in [5.41, 5.74) is 2.70. The van der Waals surface area contributed by atoms with Crippen molar-refractivity contribution in [1.82, 2.24) is 5.32 Å². The zero-order valence-corrected chi connectivity index (χ0v) is 12.7. The van der Waals surface area contributed by atoms with Crippen molar-refractivity contribution in [2.24, 2.45) is 0 Å². The fourth-order valence-electron chi connectivity index (χ4n) is 1.82. The quantitative estimate of drug-likeness (QED) is 0.824. The van der Waals surface area contributed by atoms with Crippen LogP contribution in [0.4, 0.5) is 5.69 Å². The van der Waals surface area contributed by atoms with Gasteiger partial charge < -0.3 is 10.2 Å². The van der Waals surface area contributed by atoms with Crippen molar-refractivity contribution < 1.29 is 0 Å². The SMILES string of the molecule is CCCCN(C)c1cc(Br)ccc1CNCC. The van der Waals surface area contributed by atoms with Crippen molar-refractivity contribution in [2.75, 3.05) is 25.0 Å². The van der Waals surface area contributed by atoms with E-state index in [1.165, 1.54) is 24.1 Å². The normalized spacial score (nSPS) is 10.6. The number of hydrogen-bond acceptors (Lipinski definition) is 2. The zero-order valence-electron chi connectivity index (χ0n) is 11.1. The molecule has 0 aromatic heterocycles. The second-order valence-corrected chi connectivity index (χ2v) is 5.24. The molecule has 0 saturated heterocycles. The van der Waals surface area contributed by atoms with Gasteiger partial charge in [-0.2, -0.15) is 0 Å². The molecule has 2 nitrogen and oxygen atoms in total. The van der Waals surface area contributed by atoms with Crippen LogP contribution >= 0.6 is 15.9 Å². The Morgan fingerprint density at radius 2 is 2.06 bits per heavy atom. The first kappa shape index (κ1) is 14.5. The van der Waals surface area contributed by atoms with Gasteiger partial charge in [0.05, 0.1) is 0 Å². The fourth-order valence-corrected chi connectivity index (χ4v) is 2.17. The molecule has 0 saturated carbocycles. The molecule has 0 spiro atoms. The molecule has 3 heteroatoms. The van der Waals surface area contributed by atoms with Gasteiger partial charge in [0.1, 0.15) is 0 Å². The molecule has 1 aromatic rings. The van der Waals surface area contributed by atoms with Gasteiger partial charge in [-0.05, 0) is 30.7 Å². The van der Waals surface area contributed by atoms with E-state index in [4.69, 9.17) is 0 Å². The molecule has 0 radical (unpaired) electrons. The molecule has 0 atom stereocenters. The third-order valence-electron chi connectivity index (χ3n) is 2.87. The zero-order chi connectivity index (χ0) is 12.7. The molecular formula is C14H23BrN2. The average Bonchev–Trinajstić information content (AvgIpc) is 2.34. The summed E-state index contributed by atoms with van der Waals surface area (Å²) in [6, 6.07) is 6.52. The monoisotopic (exact) mass is 298 g/mol. The minimum Gasteiger partial charge on any atom is -0.374 e. The summed E-state index contributed by atoms with van der Waals surface area (Å²) >= 11 is 3.55. The van der Waals surface area contributed by atoms with E-state index in [1.54, 1.807) is 0 Å². The van der Waals surface area contributed by atoms with Gasteiger partial charge in [-0.1, -0.05) is 42.3 Å². The van der Waals surface area contributed by atoms with Crippen molar-refractivity contribution in [3.05, 3.63) is 28.2 Å². The molecule has 0 heterocycles. The number of halogens is 1. The van der Waals surface area contributed by atoms with Crippen LogP contribution in [0.2, 0.25) is 0 Å². The average molecular weight is 299 g/mol. The van der Waals surface area contributed by atoms with Crippen LogP contribution in [0.1, 0.15) is 32.3 Å². The van der Waals surface area contributed by atoms with E-state index >= 15 is 0 Å². The lowest BCUT2D eigenvalue weighted by atomic mass is 10.1. The van der Waals surface area contributed by atoms with E-state index in [2.05, 4.69) is 65.2 Å². The number of benzene rings is 1. The van der Waals surface area contributed by atoms with E-state index in [-0.39, 0.29) is 0 Å². The van der Waals surface area contributed by atoms with Crippen molar-refractivity contribution in [1.29, 1.82) is 0 Å². The maximum atomic E-state index is 3.55. The van der Waals surface area contributed by atoms with Gasteiger partial charge in [0.25, 0.3) is 0 Å². The Labute approximate surface area is 114 Å². The first-order valence-electron chi connectivity index (χ1n) is 6.39. The van der Waals surface area contributed by atoms with Gasteiger partial charge in [0, 0.05) is 30.3 Å². The van der Waals surface area contributed by atoms with Crippen LogP contribution in [-0.2, 0) is 6.54 Å². The van der Waals surface area contributed by atoms with E-state index in [1.807, 2.05) is 0 Å². The molecule has 0 amide bonds.